The molecule has 9 unspecified atom stereocenters. The van der Waals surface area contributed by atoms with Gasteiger partial charge in [-0.3, -0.25) is 4.79 Å². The zero-order valence-electron chi connectivity index (χ0n) is 15.4. The van der Waals surface area contributed by atoms with E-state index in [9.17, 15) is 15.2 Å². The first kappa shape index (κ1) is 17.3. The van der Waals surface area contributed by atoms with Gasteiger partial charge in [-0.15, -0.1) is 0 Å². The van der Waals surface area contributed by atoms with Crippen LogP contribution in [0.1, 0.15) is 58.8 Å². The summed E-state index contributed by atoms with van der Waals surface area (Å²) in [6, 6.07) is 1.64. The van der Waals surface area contributed by atoms with Gasteiger partial charge in [0.2, 0.25) is 5.91 Å². The fourth-order valence-corrected chi connectivity index (χ4v) is 6.60. The number of hydrogen-bond donors (Lipinski definition) is 2. The Labute approximate surface area is 150 Å². The molecule has 4 rings (SSSR count). The minimum atomic E-state index is -0.582. The van der Waals surface area contributed by atoms with Crippen molar-refractivity contribution in [1.82, 2.24) is 4.90 Å². The maximum Gasteiger partial charge on any atom is 0.241 e. The summed E-state index contributed by atoms with van der Waals surface area (Å²) < 4.78 is 0. The minimum absolute atomic E-state index is 0.0343. The molecule has 0 radical (unpaired) electrons. The number of nitriles is 1. The highest BCUT2D eigenvalue weighted by Gasteiger charge is 2.62. The second kappa shape index (κ2) is 5.96. The van der Waals surface area contributed by atoms with Gasteiger partial charge in [0.25, 0.3) is 0 Å². The van der Waals surface area contributed by atoms with Crippen molar-refractivity contribution in [3.8, 4) is 6.07 Å². The summed E-state index contributed by atoms with van der Waals surface area (Å²) in [6.45, 7) is 4.38. The van der Waals surface area contributed by atoms with Crippen LogP contribution in [0.15, 0.2) is 0 Å². The summed E-state index contributed by atoms with van der Waals surface area (Å²) in [5, 5.41) is 19.9. The Balaban J connectivity index is 1.59. The topological polar surface area (TPSA) is 90.3 Å². The average Bonchev–Trinajstić information content (AvgIpc) is 3.04. The minimum Gasteiger partial charge on any atom is -0.393 e. The Morgan fingerprint density at radius 3 is 2.80 bits per heavy atom. The Bertz CT molecular complexity index is 598. The zero-order chi connectivity index (χ0) is 17.9. The Morgan fingerprint density at radius 2 is 2.12 bits per heavy atom. The van der Waals surface area contributed by atoms with Crippen LogP contribution in [0.25, 0.3) is 0 Å². The van der Waals surface area contributed by atoms with Crippen LogP contribution in [0.4, 0.5) is 0 Å². The molecule has 5 heteroatoms. The van der Waals surface area contributed by atoms with E-state index in [0.717, 1.165) is 38.5 Å². The van der Waals surface area contributed by atoms with Crippen LogP contribution in [0.3, 0.4) is 0 Å². The monoisotopic (exact) mass is 345 g/mol. The van der Waals surface area contributed by atoms with E-state index in [1.54, 1.807) is 0 Å². The van der Waals surface area contributed by atoms with Crippen molar-refractivity contribution in [3.05, 3.63) is 0 Å². The lowest BCUT2D eigenvalue weighted by molar-refractivity contribution is -0.142. The largest absolute Gasteiger partial charge is 0.393 e. The SMILES string of the molecule is CCC1CC2CC(O)CC(C(N)C(=O)N3C(C#N)CC4C(C)C43)(C1)C2. The number of piperidine rings is 1. The van der Waals surface area contributed by atoms with Crippen LogP contribution in [0.5, 0.6) is 0 Å². The maximum absolute atomic E-state index is 13.4. The van der Waals surface area contributed by atoms with E-state index in [2.05, 4.69) is 19.9 Å². The quantitative estimate of drug-likeness (QED) is 0.819. The van der Waals surface area contributed by atoms with Gasteiger partial charge in [0.1, 0.15) is 6.04 Å². The van der Waals surface area contributed by atoms with Gasteiger partial charge in [-0.1, -0.05) is 20.3 Å². The number of nitrogens with zero attached hydrogens (tertiary/aromatic N) is 2. The lowest BCUT2D eigenvalue weighted by atomic mass is 9.55. The molecule has 2 bridgehead atoms. The molecule has 5 nitrogen and oxygen atoms in total. The van der Waals surface area contributed by atoms with E-state index in [4.69, 9.17) is 5.73 Å². The van der Waals surface area contributed by atoms with Crippen molar-refractivity contribution in [1.29, 1.82) is 5.26 Å². The van der Waals surface area contributed by atoms with Crippen molar-refractivity contribution in [2.45, 2.75) is 83.0 Å². The molecular formula is C20H31N3O2. The van der Waals surface area contributed by atoms with Crippen LogP contribution in [0, 0.1) is 40.4 Å². The molecule has 138 valence electrons. The fourth-order valence-electron chi connectivity index (χ4n) is 6.60. The van der Waals surface area contributed by atoms with Crippen LogP contribution >= 0.6 is 0 Å². The summed E-state index contributed by atoms with van der Waals surface area (Å²) in [4.78, 5) is 15.2. The van der Waals surface area contributed by atoms with E-state index in [-0.39, 0.29) is 29.5 Å². The third-order valence-corrected chi connectivity index (χ3v) is 7.88. The van der Waals surface area contributed by atoms with Gasteiger partial charge in [-0.25, -0.2) is 0 Å². The van der Waals surface area contributed by atoms with Gasteiger partial charge >= 0.3 is 0 Å². The molecule has 0 aromatic carbocycles. The predicted molar refractivity (Wildman–Crippen MR) is 94.1 cm³/mol. The molecule has 1 saturated heterocycles. The first-order chi connectivity index (χ1) is 11.9. The third kappa shape index (κ3) is 2.61. The highest BCUT2D eigenvalue weighted by atomic mass is 16.3. The second-order valence-corrected chi connectivity index (χ2v) is 9.36. The first-order valence-corrected chi connectivity index (χ1v) is 10.1. The number of aliphatic hydroxyl groups is 1. The number of carbonyl (C=O) groups excluding carboxylic acids is 1. The molecule has 3 aliphatic carbocycles. The molecule has 1 aliphatic heterocycles. The Hall–Kier alpha value is -1.12. The molecule has 3 saturated carbocycles. The number of likely N-dealkylation sites (tertiary alicyclic amines) is 1. The Kier molecular flexibility index (Phi) is 4.12. The average molecular weight is 345 g/mol. The standard InChI is InChI=1S/C20H31N3O2/c1-3-12-4-13-5-15(24)9-20(7-12,8-13)18(22)19(25)23-14(10-21)6-16-11(2)17(16)23/h11-18,24H,3-9,22H2,1-2H3. The lowest BCUT2D eigenvalue weighted by Gasteiger charge is -2.52. The maximum atomic E-state index is 13.4. The zero-order valence-corrected chi connectivity index (χ0v) is 15.4. The highest BCUT2D eigenvalue weighted by molar-refractivity contribution is 5.84. The van der Waals surface area contributed by atoms with Crippen molar-refractivity contribution < 1.29 is 9.90 Å². The number of amides is 1. The summed E-state index contributed by atoms with van der Waals surface area (Å²) in [7, 11) is 0. The summed E-state index contributed by atoms with van der Waals surface area (Å²) >= 11 is 0. The second-order valence-electron chi connectivity index (χ2n) is 9.36. The van der Waals surface area contributed by atoms with E-state index in [0.29, 0.717) is 30.1 Å². The van der Waals surface area contributed by atoms with Crippen LogP contribution in [-0.4, -0.2) is 40.1 Å². The number of aliphatic hydroxyl groups excluding tert-OH is 1. The summed E-state index contributed by atoms with van der Waals surface area (Å²) in [5.41, 5.74) is 6.34. The molecule has 4 aliphatic rings. The number of nitrogens with two attached hydrogens (primary N) is 1. The molecule has 9 atom stereocenters. The predicted octanol–water partition coefficient (Wildman–Crippen LogP) is 2.04. The normalized spacial score (nSPS) is 49.2. The Morgan fingerprint density at radius 1 is 1.36 bits per heavy atom. The molecule has 1 heterocycles. The van der Waals surface area contributed by atoms with Crippen molar-refractivity contribution in [2.75, 3.05) is 0 Å². The van der Waals surface area contributed by atoms with Crippen molar-refractivity contribution >= 4 is 5.91 Å². The molecule has 0 aromatic heterocycles. The smallest absolute Gasteiger partial charge is 0.241 e. The highest BCUT2D eigenvalue weighted by Crippen LogP contribution is 2.56. The van der Waals surface area contributed by atoms with Crippen LogP contribution < -0.4 is 5.73 Å². The van der Waals surface area contributed by atoms with Gasteiger partial charge in [0.15, 0.2) is 0 Å². The third-order valence-electron chi connectivity index (χ3n) is 7.88. The van der Waals surface area contributed by atoms with Crippen molar-refractivity contribution in [3.63, 3.8) is 0 Å². The molecule has 4 fully saturated rings. The van der Waals surface area contributed by atoms with Gasteiger partial charge in [0.05, 0.1) is 18.2 Å². The molecule has 3 N–H and O–H groups in total. The van der Waals surface area contributed by atoms with Gasteiger partial charge in [-0.05, 0) is 67.6 Å². The summed E-state index contributed by atoms with van der Waals surface area (Å²) in [5.74, 6) is 2.03. The van der Waals surface area contributed by atoms with Crippen LogP contribution in [0.2, 0.25) is 0 Å². The molecular weight excluding hydrogens is 314 g/mol. The van der Waals surface area contributed by atoms with E-state index in [1.165, 1.54) is 0 Å². The number of fused-ring (bicyclic) bond motifs is 3. The van der Waals surface area contributed by atoms with Gasteiger partial charge < -0.3 is 15.7 Å². The number of hydrogen-bond acceptors (Lipinski definition) is 4. The molecule has 25 heavy (non-hydrogen) atoms. The van der Waals surface area contributed by atoms with E-state index in [1.807, 2.05) is 4.90 Å². The van der Waals surface area contributed by atoms with Gasteiger partial charge in [-0.2, -0.15) is 5.26 Å². The first-order valence-electron chi connectivity index (χ1n) is 10.1. The summed E-state index contributed by atoms with van der Waals surface area (Å²) in [6.07, 6.45) is 6.13. The van der Waals surface area contributed by atoms with Crippen molar-refractivity contribution in [2.24, 2.45) is 34.8 Å². The van der Waals surface area contributed by atoms with E-state index >= 15 is 0 Å². The molecule has 1 amide bonds. The lowest BCUT2D eigenvalue weighted by Crippen LogP contribution is -2.59. The van der Waals surface area contributed by atoms with E-state index < -0.39 is 6.04 Å². The fraction of sp³-hybridized carbons (Fsp3) is 0.900. The number of carbonyl (C=O) groups is 1. The molecule has 0 spiro atoms. The number of rotatable bonds is 3. The van der Waals surface area contributed by atoms with Crippen LogP contribution in [-0.2, 0) is 4.79 Å². The van der Waals surface area contributed by atoms with Gasteiger partial charge in [0, 0.05) is 6.04 Å². The molecule has 0 aromatic rings.